The molecule has 9 nitrogen and oxygen atoms in total. The summed E-state index contributed by atoms with van der Waals surface area (Å²) in [4.78, 5) is 17.4. The number of carbonyl (C=O) groups is 1. The normalized spacial score (nSPS) is 10.8. The van der Waals surface area contributed by atoms with Gasteiger partial charge in [-0.2, -0.15) is 0 Å². The lowest BCUT2D eigenvalue weighted by molar-refractivity contribution is 0.140. The maximum absolute atomic E-state index is 11.9. The Bertz CT molecular complexity index is 1500. The van der Waals surface area contributed by atoms with E-state index >= 15 is 0 Å². The minimum Gasteiger partial charge on any atom is -0.489 e. The van der Waals surface area contributed by atoms with Crippen LogP contribution in [0.25, 0.3) is 22.3 Å². The molecule has 3 aromatic carbocycles. The van der Waals surface area contributed by atoms with Gasteiger partial charge in [-0.05, 0) is 41.5 Å². The van der Waals surface area contributed by atoms with Crippen LogP contribution >= 0.6 is 0 Å². The average molecular weight is 496 g/mol. The molecule has 186 valence electrons. The van der Waals surface area contributed by atoms with Gasteiger partial charge in [0.25, 0.3) is 0 Å². The summed E-state index contributed by atoms with van der Waals surface area (Å²) < 4.78 is 16.9. The maximum atomic E-state index is 11.9. The Labute approximate surface area is 213 Å². The number of carbonyl (C=O) groups excluding carboxylic acids is 1. The van der Waals surface area contributed by atoms with Crippen LogP contribution in [0.1, 0.15) is 24.6 Å². The van der Waals surface area contributed by atoms with E-state index in [1.807, 2.05) is 91.9 Å². The molecule has 0 fully saturated rings. The van der Waals surface area contributed by atoms with Gasteiger partial charge in [0.1, 0.15) is 24.7 Å². The van der Waals surface area contributed by atoms with Crippen molar-refractivity contribution in [2.45, 2.75) is 26.6 Å². The van der Waals surface area contributed by atoms with E-state index < -0.39 is 6.09 Å². The largest absolute Gasteiger partial charge is 0.489 e. The molecule has 0 saturated heterocycles. The molecule has 0 aliphatic heterocycles. The Balaban J connectivity index is 1.16. The van der Waals surface area contributed by atoms with Crippen LogP contribution in [0.5, 0.6) is 11.5 Å². The molecule has 0 atom stereocenters. The fraction of sp³-hybridized carbons (Fsp3) is 0.179. The fourth-order valence-corrected chi connectivity index (χ4v) is 3.57. The standard InChI is InChI=1S/C28H25N5O4/c1-2-16-35-28(34)33-31-27(30-32-33)22-12-10-20(11-13-22)18-36-24-7-5-8-25(17-24)37-19-23-15-14-21-6-3-4-9-26(21)29-23/h3-15,17H,2,16,18-19H2,1H3. The third-order valence-corrected chi connectivity index (χ3v) is 5.47. The molecule has 0 N–H and O–H groups in total. The average Bonchev–Trinajstić information content (AvgIpc) is 3.45. The zero-order valence-corrected chi connectivity index (χ0v) is 20.3. The molecule has 5 aromatic rings. The molecular formula is C28H25N5O4. The molecular weight excluding hydrogens is 470 g/mol. The quantitative estimate of drug-likeness (QED) is 0.266. The first-order chi connectivity index (χ1) is 18.2. The zero-order valence-electron chi connectivity index (χ0n) is 20.3. The van der Waals surface area contributed by atoms with Crippen molar-refractivity contribution in [3.63, 3.8) is 0 Å². The van der Waals surface area contributed by atoms with Crippen LogP contribution < -0.4 is 9.47 Å². The SMILES string of the molecule is CCCOC(=O)n1nnc(-c2ccc(COc3cccc(OCc4ccc5ccccc5n4)c3)cc2)n1. The zero-order chi connectivity index (χ0) is 25.5. The van der Waals surface area contributed by atoms with Crippen molar-refractivity contribution < 1.29 is 19.0 Å². The Morgan fingerprint density at radius 2 is 1.65 bits per heavy atom. The Morgan fingerprint density at radius 3 is 2.46 bits per heavy atom. The highest BCUT2D eigenvalue weighted by Crippen LogP contribution is 2.22. The first kappa shape index (κ1) is 23.9. The summed E-state index contributed by atoms with van der Waals surface area (Å²) in [5, 5.41) is 12.9. The van der Waals surface area contributed by atoms with E-state index in [4.69, 9.17) is 14.2 Å². The highest BCUT2D eigenvalue weighted by molar-refractivity contribution is 5.78. The van der Waals surface area contributed by atoms with Crippen LogP contribution in [0.2, 0.25) is 0 Å². The molecule has 37 heavy (non-hydrogen) atoms. The third-order valence-electron chi connectivity index (χ3n) is 5.47. The van der Waals surface area contributed by atoms with Gasteiger partial charge in [0.05, 0.1) is 17.8 Å². The number of para-hydroxylation sites is 1. The molecule has 0 unspecified atom stereocenters. The Morgan fingerprint density at radius 1 is 0.865 bits per heavy atom. The molecule has 2 heterocycles. The van der Waals surface area contributed by atoms with E-state index in [0.717, 1.165) is 38.9 Å². The van der Waals surface area contributed by atoms with E-state index in [9.17, 15) is 4.79 Å². The first-order valence-corrected chi connectivity index (χ1v) is 11.9. The van der Waals surface area contributed by atoms with Gasteiger partial charge in [-0.1, -0.05) is 66.3 Å². The molecule has 0 amide bonds. The second-order valence-corrected chi connectivity index (χ2v) is 8.26. The van der Waals surface area contributed by atoms with Crippen LogP contribution in [0.4, 0.5) is 4.79 Å². The number of tetrazole rings is 1. The smallest absolute Gasteiger partial charge is 0.453 e. The summed E-state index contributed by atoms with van der Waals surface area (Å²) in [6, 6.07) is 27.1. The predicted octanol–water partition coefficient (Wildman–Crippen LogP) is 5.44. The highest BCUT2D eigenvalue weighted by Gasteiger charge is 2.13. The van der Waals surface area contributed by atoms with Crippen LogP contribution in [-0.4, -0.2) is 37.9 Å². The second-order valence-electron chi connectivity index (χ2n) is 8.26. The van der Waals surface area contributed by atoms with Gasteiger partial charge in [-0.3, -0.25) is 0 Å². The number of aromatic nitrogens is 5. The summed E-state index contributed by atoms with van der Waals surface area (Å²) in [5.41, 5.74) is 3.50. The van der Waals surface area contributed by atoms with Crippen molar-refractivity contribution >= 4 is 17.0 Å². The number of pyridine rings is 1. The summed E-state index contributed by atoms with van der Waals surface area (Å²) in [5.74, 6) is 1.74. The van der Waals surface area contributed by atoms with Crippen molar-refractivity contribution in [3.05, 3.63) is 96.2 Å². The van der Waals surface area contributed by atoms with Gasteiger partial charge in [-0.25, -0.2) is 9.78 Å². The number of hydrogen-bond donors (Lipinski definition) is 0. The summed E-state index contributed by atoms with van der Waals surface area (Å²) in [6.45, 7) is 2.96. The number of fused-ring (bicyclic) bond motifs is 1. The molecule has 0 spiro atoms. The summed E-state index contributed by atoms with van der Waals surface area (Å²) in [6.07, 6.45) is 0.0714. The van der Waals surface area contributed by atoms with Crippen molar-refractivity contribution in [1.29, 1.82) is 0 Å². The molecule has 2 aromatic heterocycles. The van der Waals surface area contributed by atoms with Crippen LogP contribution in [0, 0.1) is 0 Å². The Hall–Kier alpha value is -4.79. The Kier molecular flexibility index (Phi) is 7.31. The topological polar surface area (TPSA) is 101 Å². The van der Waals surface area contributed by atoms with Gasteiger partial charge in [-0.15, -0.1) is 10.2 Å². The highest BCUT2D eigenvalue weighted by atomic mass is 16.6. The van der Waals surface area contributed by atoms with Crippen molar-refractivity contribution in [2.24, 2.45) is 0 Å². The van der Waals surface area contributed by atoms with Gasteiger partial charge < -0.3 is 14.2 Å². The lowest BCUT2D eigenvalue weighted by atomic mass is 10.1. The van der Waals surface area contributed by atoms with Crippen LogP contribution in [-0.2, 0) is 18.0 Å². The summed E-state index contributed by atoms with van der Waals surface area (Å²) in [7, 11) is 0. The molecule has 9 heteroatoms. The number of nitrogens with zero attached hydrogens (tertiary/aromatic N) is 5. The van der Waals surface area contributed by atoms with Gasteiger partial charge in [0.15, 0.2) is 0 Å². The van der Waals surface area contributed by atoms with Gasteiger partial charge >= 0.3 is 6.09 Å². The molecule has 0 bridgehead atoms. The van der Waals surface area contributed by atoms with E-state index in [-0.39, 0.29) is 0 Å². The van der Waals surface area contributed by atoms with Crippen molar-refractivity contribution in [1.82, 2.24) is 25.2 Å². The number of benzene rings is 3. The molecule has 0 radical (unpaired) electrons. The minimum atomic E-state index is -0.648. The first-order valence-electron chi connectivity index (χ1n) is 11.9. The van der Waals surface area contributed by atoms with Crippen LogP contribution in [0.3, 0.4) is 0 Å². The molecule has 0 aliphatic rings. The van der Waals surface area contributed by atoms with E-state index in [1.54, 1.807) is 0 Å². The van der Waals surface area contributed by atoms with Crippen molar-refractivity contribution in [3.8, 4) is 22.9 Å². The van der Waals surface area contributed by atoms with Gasteiger partial charge in [0.2, 0.25) is 5.82 Å². The van der Waals surface area contributed by atoms with Gasteiger partial charge in [0, 0.05) is 17.0 Å². The number of hydrogen-bond acceptors (Lipinski definition) is 8. The number of rotatable bonds is 9. The fourth-order valence-electron chi connectivity index (χ4n) is 3.57. The summed E-state index contributed by atoms with van der Waals surface area (Å²) >= 11 is 0. The predicted molar refractivity (Wildman–Crippen MR) is 137 cm³/mol. The monoisotopic (exact) mass is 495 g/mol. The van der Waals surface area contributed by atoms with E-state index in [1.165, 1.54) is 0 Å². The van der Waals surface area contributed by atoms with E-state index in [0.29, 0.717) is 37.1 Å². The molecule has 5 rings (SSSR count). The molecule has 0 saturated carbocycles. The maximum Gasteiger partial charge on any atom is 0.453 e. The minimum absolute atomic E-state index is 0.307. The van der Waals surface area contributed by atoms with E-state index in [2.05, 4.69) is 20.4 Å². The lowest BCUT2D eigenvalue weighted by Gasteiger charge is -2.10. The van der Waals surface area contributed by atoms with Crippen LogP contribution in [0.15, 0.2) is 84.9 Å². The lowest BCUT2D eigenvalue weighted by Crippen LogP contribution is -2.17. The second kappa shape index (κ2) is 11.3. The number of ether oxygens (including phenoxy) is 3. The third kappa shape index (κ3) is 6.07. The van der Waals surface area contributed by atoms with Crippen molar-refractivity contribution in [2.75, 3.05) is 6.61 Å². The molecule has 0 aliphatic carbocycles.